The van der Waals surface area contributed by atoms with Crippen molar-refractivity contribution < 1.29 is 13.2 Å². The van der Waals surface area contributed by atoms with Crippen molar-refractivity contribution in [3.63, 3.8) is 0 Å². The monoisotopic (exact) mass is 329 g/mol. The van der Waals surface area contributed by atoms with E-state index in [9.17, 15) is 13.2 Å². The molecule has 2 aromatic rings. The SMILES string of the molecule is CCCC(F)=Cc1ccc(CCc2cc(F)c(C#N)c(F)c2)cc1. The second kappa shape index (κ2) is 8.35. The van der Waals surface area contributed by atoms with Gasteiger partial charge in [0.15, 0.2) is 0 Å². The first-order valence-electron chi connectivity index (χ1n) is 7.86. The highest BCUT2D eigenvalue weighted by atomic mass is 19.1. The summed E-state index contributed by atoms with van der Waals surface area (Å²) in [4.78, 5) is 0. The third-order valence-corrected chi connectivity index (χ3v) is 3.71. The van der Waals surface area contributed by atoms with Crippen LogP contribution in [0.25, 0.3) is 6.08 Å². The number of aryl methyl sites for hydroxylation is 2. The average Bonchev–Trinajstić information content (AvgIpc) is 2.54. The Kier molecular flexibility index (Phi) is 6.20. The van der Waals surface area contributed by atoms with Crippen molar-refractivity contribution in [3.05, 3.63) is 76.1 Å². The Hall–Kier alpha value is -2.54. The minimum atomic E-state index is -0.834. The average molecular weight is 329 g/mol. The number of benzene rings is 2. The summed E-state index contributed by atoms with van der Waals surface area (Å²) in [7, 11) is 0. The largest absolute Gasteiger partial charge is 0.212 e. The van der Waals surface area contributed by atoms with E-state index in [1.165, 1.54) is 24.3 Å². The molecule has 0 amide bonds. The summed E-state index contributed by atoms with van der Waals surface area (Å²) in [6, 6.07) is 11.3. The van der Waals surface area contributed by atoms with Crippen molar-refractivity contribution >= 4 is 6.08 Å². The second-order valence-corrected chi connectivity index (χ2v) is 5.63. The summed E-state index contributed by atoms with van der Waals surface area (Å²) in [6.07, 6.45) is 3.76. The molecule has 2 rings (SSSR count). The molecule has 0 aliphatic carbocycles. The molecule has 0 unspecified atom stereocenters. The molecule has 2 aromatic carbocycles. The Morgan fingerprint density at radius 3 is 2.17 bits per heavy atom. The van der Waals surface area contributed by atoms with Crippen LogP contribution in [-0.4, -0.2) is 0 Å². The molecule has 0 atom stereocenters. The van der Waals surface area contributed by atoms with Crippen molar-refractivity contribution in [2.45, 2.75) is 32.6 Å². The van der Waals surface area contributed by atoms with Crippen molar-refractivity contribution in [1.29, 1.82) is 5.26 Å². The van der Waals surface area contributed by atoms with Gasteiger partial charge < -0.3 is 0 Å². The topological polar surface area (TPSA) is 23.8 Å². The maximum atomic E-state index is 13.6. The molecule has 0 aliphatic rings. The Labute approximate surface area is 140 Å². The van der Waals surface area contributed by atoms with E-state index in [0.29, 0.717) is 24.8 Å². The molecule has 24 heavy (non-hydrogen) atoms. The molecule has 0 aliphatic heterocycles. The van der Waals surface area contributed by atoms with Crippen LogP contribution in [0.5, 0.6) is 0 Å². The third kappa shape index (κ3) is 4.73. The molecule has 0 saturated carbocycles. The van der Waals surface area contributed by atoms with Crippen LogP contribution in [-0.2, 0) is 12.8 Å². The minimum Gasteiger partial charge on any atom is -0.212 e. The number of hydrogen-bond donors (Lipinski definition) is 0. The number of hydrogen-bond acceptors (Lipinski definition) is 1. The van der Waals surface area contributed by atoms with Crippen molar-refractivity contribution in [1.82, 2.24) is 0 Å². The van der Waals surface area contributed by atoms with E-state index in [0.717, 1.165) is 17.5 Å². The maximum absolute atomic E-state index is 13.6. The lowest BCUT2D eigenvalue weighted by atomic mass is 10.0. The van der Waals surface area contributed by atoms with Crippen LogP contribution in [0.15, 0.2) is 42.2 Å². The molecule has 0 spiro atoms. The fourth-order valence-corrected chi connectivity index (χ4v) is 2.44. The second-order valence-electron chi connectivity index (χ2n) is 5.63. The van der Waals surface area contributed by atoms with Crippen LogP contribution in [0.2, 0.25) is 0 Å². The fourth-order valence-electron chi connectivity index (χ4n) is 2.44. The van der Waals surface area contributed by atoms with Gasteiger partial charge in [0.2, 0.25) is 0 Å². The number of nitrogens with zero attached hydrogens (tertiary/aromatic N) is 1. The van der Waals surface area contributed by atoms with Crippen LogP contribution in [0.3, 0.4) is 0 Å². The number of rotatable bonds is 6. The third-order valence-electron chi connectivity index (χ3n) is 3.71. The molecule has 0 radical (unpaired) electrons. The molecule has 0 aromatic heterocycles. The van der Waals surface area contributed by atoms with Gasteiger partial charge in [-0.1, -0.05) is 31.2 Å². The molecule has 0 N–H and O–H groups in total. The highest BCUT2D eigenvalue weighted by molar-refractivity contribution is 5.51. The highest BCUT2D eigenvalue weighted by Gasteiger charge is 2.10. The summed E-state index contributed by atoms with van der Waals surface area (Å²) in [6.45, 7) is 1.92. The van der Waals surface area contributed by atoms with Gasteiger partial charge >= 0.3 is 0 Å². The molecule has 4 heteroatoms. The predicted molar refractivity (Wildman–Crippen MR) is 88.9 cm³/mol. The Morgan fingerprint density at radius 1 is 1.04 bits per heavy atom. The van der Waals surface area contributed by atoms with Crippen LogP contribution < -0.4 is 0 Å². The molecule has 0 fully saturated rings. The summed E-state index contributed by atoms with van der Waals surface area (Å²) < 4.78 is 40.6. The van der Waals surface area contributed by atoms with Gasteiger partial charge in [-0.05, 0) is 60.6 Å². The maximum Gasteiger partial charge on any atom is 0.144 e. The zero-order valence-electron chi connectivity index (χ0n) is 13.5. The van der Waals surface area contributed by atoms with E-state index in [2.05, 4.69) is 0 Å². The standard InChI is InChI=1S/C20H18F3N/c1-2-3-17(21)10-15-7-4-14(5-8-15)6-9-16-11-19(22)18(13-24)20(23)12-16/h4-5,7-8,10-12H,2-3,6,9H2,1H3. The molecule has 0 heterocycles. The van der Waals surface area contributed by atoms with Crippen molar-refractivity contribution in [2.75, 3.05) is 0 Å². The molecular formula is C20H18F3N. The van der Waals surface area contributed by atoms with Crippen LogP contribution >= 0.6 is 0 Å². The van der Waals surface area contributed by atoms with Crippen LogP contribution in [0, 0.1) is 23.0 Å². The van der Waals surface area contributed by atoms with Gasteiger partial charge in [0.05, 0.1) is 0 Å². The van der Waals surface area contributed by atoms with E-state index in [-0.39, 0.29) is 5.83 Å². The first kappa shape index (κ1) is 17.8. The van der Waals surface area contributed by atoms with E-state index in [1.54, 1.807) is 0 Å². The number of allylic oxidation sites excluding steroid dienone is 1. The van der Waals surface area contributed by atoms with Gasteiger partial charge in [-0.2, -0.15) is 5.26 Å². The molecule has 0 saturated heterocycles. The van der Waals surface area contributed by atoms with Gasteiger partial charge in [0.1, 0.15) is 29.1 Å². The molecule has 124 valence electrons. The Balaban J connectivity index is 2.03. The highest BCUT2D eigenvalue weighted by Crippen LogP contribution is 2.17. The zero-order chi connectivity index (χ0) is 17.5. The Morgan fingerprint density at radius 2 is 1.62 bits per heavy atom. The van der Waals surface area contributed by atoms with Crippen molar-refractivity contribution in [3.8, 4) is 6.07 Å². The van der Waals surface area contributed by atoms with Gasteiger partial charge in [-0.3, -0.25) is 0 Å². The van der Waals surface area contributed by atoms with Gasteiger partial charge in [-0.15, -0.1) is 0 Å². The fraction of sp³-hybridized carbons (Fsp3) is 0.250. The van der Waals surface area contributed by atoms with E-state index in [4.69, 9.17) is 5.26 Å². The number of halogens is 3. The van der Waals surface area contributed by atoms with Crippen LogP contribution in [0.1, 0.15) is 42.0 Å². The molecule has 0 bridgehead atoms. The lowest BCUT2D eigenvalue weighted by Gasteiger charge is -2.05. The van der Waals surface area contributed by atoms with Gasteiger partial charge in [0, 0.05) is 0 Å². The predicted octanol–water partition coefficient (Wildman–Crippen LogP) is 5.73. The quantitative estimate of drug-likeness (QED) is 0.663. The van der Waals surface area contributed by atoms with Gasteiger partial charge in [-0.25, -0.2) is 13.2 Å². The molecule has 1 nitrogen and oxygen atoms in total. The zero-order valence-corrected chi connectivity index (χ0v) is 13.5. The molecular weight excluding hydrogens is 311 g/mol. The normalized spacial score (nSPS) is 11.4. The first-order chi connectivity index (χ1) is 11.5. The minimum absolute atomic E-state index is 0.145. The summed E-state index contributed by atoms with van der Waals surface area (Å²) in [5.74, 6) is -1.81. The first-order valence-corrected chi connectivity index (χ1v) is 7.86. The lowest BCUT2D eigenvalue weighted by Crippen LogP contribution is -1.97. The van der Waals surface area contributed by atoms with Crippen molar-refractivity contribution in [2.24, 2.45) is 0 Å². The number of nitriles is 1. The van der Waals surface area contributed by atoms with E-state index < -0.39 is 17.2 Å². The summed E-state index contributed by atoms with van der Waals surface area (Å²) >= 11 is 0. The Bertz CT molecular complexity index is 747. The smallest absolute Gasteiger partial charge is 0.144 e. The van der Waals surface area contributed by atoms with Crippen LogP contribution in [0.4, 0.5) is 13.2 Å². The van der Waals surface area contributed by atoms with E-state index in [1.807, 2.05) is 31.2 Å². The van der Waals surface area contributed by atoms with E-state index >= 15 is 0 Å². The summed E-state index contributed by atoms with van der Waals surface area (Å²) in [5.41, 5.74) is 1.74. The lowest BCUT2D eigenvalue weighted by molar-refractivity contribution is 0.573. The summed E-state index contributed by atoms with van der Waals surface area (Å²) in [5, 5.41) is 8.66. The van der Waals surface area contributed by atoms with Gasteiger partial charge in [0.25, 0.3) is 0 Å².